The monoisotopic (exact) mass is 460 g/mol. The van der Waals surface area contributed by atoms with Crippen molar-refractivity contribution < 1.29 is 14.7 Å². The Labute approximate surface area is 187 Å². The molecule has 0 fully saturated rings. The molecule has 0 saturated heterocycles. The van der Waals surface area contributed by atoms with Gasteiger partial charge in [-0.15, -0.1) is 0 Å². The molecule has 0 radical (unpaired) electrons. The topological polar surface area (TPSA) is 105 Å². The van der Waals surface area contributed by atoms with Crippen LogP contribution in [0.4, 0.5) is 5.69 Å². The second-order valence-corrected chi connectivity index (χ2v) is 7.72. The molecule has 31 heavy (non-hydrogen) atoms. The number of aromatic nitrogens is 2. The van der Waals surface area contributed by atoms with Gasteiger partial charge < -0.3 is 15.3 Å². The fraction of sp³-hybridized carbons (Fsp3) is 0.143. The predicted molar refractivity (Wildman–Crippen MR) is 119 cm³/mol. The van der Waals surface area contributed by atoms with Crippen LogP contribution in [0.25, 0.3) is 5.69 Å². The summed E-state index contributed by atoms with van der Waals surface area (Å²) in [5, 5.41) is 17.7. The highest BCUT2D eigenvalue weighted by Crippen LogP contribution is 2.29. The van der Waals surface area contributed by atoms with Crippen molar-refractivity contribution in [1.29, 1.82) is 0 Å². The maximum atomic E-state index is 12.9. The van der Waals surface area contributed by atoms with E-state index in [1.165, 1.54) is 41.3 Å². The van der Waals surface area contributed by atoms with Gasteiger partial charge in [0.25, 0.3) is 17.4 Å². The number of para-hydroxylation sites is 1. The molecule has 2 aromatic carbocycles. The van der Waals surface area contributed by atoms with Crippen LogP contribution in [0.5, 0.6) is 5.75 Å². The van der Waals surface area contributed by atoms with E-state index in [4.69, 9.17) is 23.2 Å². The lowest BCUT2D eigenvalue weighted by atomic mass is 10.1. The third kappa shape index (κ3) is 4.55. The normalized spacial score (nSPS) is 10.6. The molecule has 3 aromatic rings. The maximum absolute atomic E-state index is 12.9. The van der Waals surface area contributed by atoms with Crippen LogP contribution in [0.2, 0.25) is 10.0 Å². The molecule has 2 amide bonds. The Balaban J connectivity index is 2.01. The molecule has 0 bridgehead atoms. The number of nitrogens with one attached hydrogen (secondary N) is 1. The van der Waals surface area contributed by atoms with Crippen molar-refractivity contribution in [2.45, 2.75) is 6.92 Å². The molecule has 1 aromatic heterocycles. The fourth-order valence-corrected chi connectivity index (χ4v) is 3.32. The van der Waals surface area contributed by atoms with Gasteiger partial charge in [0.15, 0.2) is 11.4 Å². The molecule has 0 aliphatic rings. The number of hydrogen-bond donors (Lipinski definition) is 2. The molecule has 0 spiro atoms. The molecule has 3 rings (SSSR count). The zero-order valence-corrected chi connectivity index (χ0v) is 18.3. The van der Waals surface area contributed by atoms with Crippen molar-refractivity contribution in [1.82, 2.24) is 14.7 Å². The summed E-state index contributed by atoms with van der Waals surface area (Å²) < 4.78 is 0.992. The molecule has 2 N–H and O–H groups in total. The van der Waals surface area contributed by atoms with Crippen molar-refractivity contribution in [3.63, 3.8) is 0 Å². The van der Waals surface area contributed by atoms with Crippen molar-refractivity contribution in [2.24, 2.45) is 0 Å². The molecule has 0 saturated carbocycles. The number of rotatable bonds is 4. The van der Waals surface area contributed by atoms with E-state index in [-0.39, 0.29) is 33.4 Å². The van der Waals surface area contributed by atoms with Crippen LogP contribution in [0.1, 0.15) is 26.4 Å². The summed E-state index contributed by atoms with van der Waals surface area (Å²) in [7, 11) is 3.09. The highest BCUT2D eigenvalue weighted by atomic mass is 35.5. The van der Waals surface area contributed by atoms with Crippen molar-refractivity contribution in [3.05, 3.63) is 79.7 Å². The fourth-order valence-electron chi connectivity index (χ4n) is 2.83. The number of aromatic hydroxyl groups is 1. The minimum absolute atomic E-state index is 0.0289. The van der Waals surface area contributed by atoms with E-state index in [9.17, 15) is 19.5 Å². The van der Waals surface area contributed by atoms with Crippen LogP contribution >= 0.6 is 23.2 Å². The zero-order chi connectivity index (χ0) is 22.9. The summed E-state index contributed by atoms with van der Waals surface area (Å²) >= 11 is 12.1. The zero-order valence-electron chi connectivity index (χ0n) is 16.8. The number of halogens is 2. The molecule has 0 aliphatic carbocycles. The summed E-state index contributed by atoms with van der Waals surface area (Å²) in [5.41, 5.74) is 0.0935. The number of carbonyl (C=O) groups excluding carboxylic acids is 2. The Morgan fingerprint density at radius 3 is 2.48 bits per heavy atom. The average molecular weight is 461 g/mol. The molecule has 8 nitrogen and oxygen atoms in total. The number of benzene rings is 2. The molecule has 0 unspecified atom stereocenters. The summed E-state index contributed by atoms with van der Waals surface area (Å²) in [6.45, 7) is 1.56. The minimum atomic E-state index is -0.680. The van der Waals surface area contributed by atoms with Gasteiger partial charge in [0.05, 0.1) is 22.0 Å². The third-order valence-corrected chi connectivity index (χ3v) is 4.93. The lowest BCUT2D eigenvalue weighted by Crippen LogP contribution is -2.27. The van der Waals surface area contributed by atoms with Gasteiger partial charge in [-0.2, -0.15) is 9.78 Å². The smallest absolute Gasteiger partial charge is 0.276 e. The highest BCUT2D eigenvalue weighted by Gasteiger charge is 2.20. The summed E-state index contributed by atoms with van der Waals surface area (Å²) in [4.78, 5) is 38.8. The molecular weight excluding hydrogens is 443 g/mol. The Morgan fingerprint density at radius 2 is 1.84 bits per heavy atom. The first-order valence-electron chi connectivity index (χ1n) is 9.01. The lowest BCUT2D eigenvalue weighted by Gasteiger charge is -2.15. The quantitative estimate of drug-likeness (QED) is 0.579. The van der Waals surface area contributed by atoms with E-state index in [0.717, 1.165) is 4.68 Å². The van der Waals surface area contributed by atoms with E-state index < -0.39 is 17.4 Å². The Bertz CT molecular complexity index is 1250. The number of anilines is 1. The van der Waals surface area contributed by atoms with Gasteiger partial charge >= 0.3 is 0 Å². The highest BCUT2D eigenvalue weighted by molar-refractivity contribution is 6.35. The molecular formula is C21H18Cl2N4O4. The number of carbonyl (C=O) groups is 2. The van der Waals surface area contributed by atoms with Crippen LogP contribution < -0.4 is 10.9 Å². The first-order valence-corrected chi connectivity index (χ1v) is 9.77. The molecule has 0 atom stereocenters. The second-order valence-electron chi connectivity index (χ2n) is 6.88. The van der Waals surface area contributed by atoms with E-state index in [0.29, 0.717) is 10.6 Å². The van der Waals surface area contributed by atoms with Crippen LogP contribution in [0, 0.1) is 6.92 Å². The van der Waals surface area contributed by atoms with E-state index in [1.54, 1.807) is 27.1 Å². The number of hydrogen-bond acceptors (Lipinski definition) is 5. The number of amides is 2. The van der Waals surface area contributed by atoms with Crippen LogP contribution in [-0.4, -0.2) is 45.7 Å². The second kappa shape index (κ2) is 8.79. The summed E-state index contributed by atoms with van der Waals surface area (Å²) in [5.74, 6) is -1.48. The first kappa shape index (κ1) is 22.3. The van der Waals surface area contributed by atoms with Crippen LogP contribution in [-0.2, 0) is 0 Å². The predicted octanol–water partition coefficient (Wildman–Crippen LogP) is 3.51. The average Bonchev–Trinajstić information content (AvgIpc) is 2.69. The molecule has 0 aliphatic heterocycles. The molecule has 160 valence electrons. The van der Waals surface area contributed by atoms with Crippen LogP contribution in [0.15, 0.2) is 47.3 Å². The Kier molecular flexibility index (Phi) is 6.33. The number of phenols is 1. The van der Waals surface area contributed by atoms with E-state index in [2.05, 4.69) is 10.4 Å². The van der Waals surface area contributed by atoms with Gasteiger partial charge in [0.1, 0.15) is 0 Å². The SMILES string of the molecule is Cc1cc(=O)n(-c2ccc(Cl)cc2Cl)nc1C(=O)Nc1cccc(C(=O)N(C)C)c1O. The van der Waals surface area contributed by atoms with Gasteiger partial charge in [-0.3, -0.25) is 14.4 Å². The summed E-state index contributed by atoms with van der Waals surface area (Å²) in [6, 6.07) is 10.2. The molecule has 1 heterocycles. The Morgan fingerprint density at radius 1 is 1.13 bits per heavy atom. The van der Waals surface area contributed by atoms with Crippen LogP contribution in [0.3, 0.4) is 0 Å². The maximum Gasteiger partial charge on any atom is 0.276 e. The number of phenolic OH excluding ortho intramolecular Hbond substituents is 1. The van der Waals surface area contributed by atoms with E-state index >= 15 is 0 Å². The van der Waals surface area contributed by atoms with Crippen molar-refractivity contribution >= 4 is 40.7 Å². The summed E-state index contributed by atoms with van der Waals surface area (Å²) in [6.07, 6.45) is 0. The largest absolute Gasteiger partial charge is 0.505 e. The molecule has 10 heteroatoms. The van der Waals surface area contributed by atoms with Gasteiger partial charge in [0, 0.05) is 25.2 Å². The first-order chi connectivity index (χ1) is 14.6. The van der Waals surface area contributed by atoms with Crippen molar-refractivity contribution in [3.8, 4) is 11.4 Å². The Hall–Kier alpha value is -3.36. The standard InChI is InChI=1S/C21H18Cl2N4O4/c1-11-9-17(28)27(16-8-7-12(22)10-14(16)23)25-18(11)20(30)24-15-6-4-5-13(19(15)29)21(31)26(2)3/h4-10,29H,1-3H3,(H,24,30). The lowest BCUT2D eigenvalue weighted by molar-refractivity contribution is 0.0824. The third-order valence-electron chi connectivity index (χ3n) is 4.40. The van der Waals surface area contributed by atoms with Gasteiger partial charge in [-0.25, -0.2) is 0 Å². The van der Waals surface area contributed by atoms with Crippen molar-refractivity contribution in [2.75, 3.05) is 19.4 Å². The van der Waals surface area contributed by atoms with Gasteiger partial charge in [0.2, 0.25) is 0 Å². The minimum Gasteiger partial charge on any atom is -0.505 e. The van der Waals surface area contributed by atoms with Gasteiger partial charge in [-0.1, -0.05) is 29.3 Å². The number of aryl methyl sites for hydroxylation is 1. The number of nitrogens with zero attached hydrogens (tertiary/aromatic N) is 3. The van der Waals surface area contributed by atoms with Gasteiger partial charge in [-0.05, 0) is 42.8 Å². The van der Waals surface area contributed by atoms with E-state index in [1.807, 2.05) is 0 Å².